The number of rotatable bonds is 1. The van der Waals surface area contributed by atoms with Gasteiger partial charge in [-0.15, -0.1) is 0 Å². The third-order valence-corrected chi connectivity index (χ3v) is 8.70. The van der Waals surface area contributed by atoms with E-state index in [4.69, 9.17) is 8.83 Å². The zero-order valence-electron chi connectivity index (χ0n) is 21.3. The summed E-state index contributed by atoms with van der Waals surface area (Å²) in [5.74, 6) is 0. The zero-order chi connectivity index (χ0) is 25.9. The Morgan fingerprint density at radius 2 is 1.30 bits per heavy atom. The molecule has 7 aromatic rings. The van der Waals surface area contributed by atoms with Crippen LogP contribution >= 0.6 is 0 Å². The minimum absolute atomic E-state index is 0.0736. The Morgan fingerprint density at radius 1 is 0.600 bits per heavy atom. The number of fused-ring (bicyclic) bond motifs is 11. The van der Waals surface area contributed by atoms with Gasteiger partial charge in [0.25, 0.3) is 0 Å². The molecule has 1 aliphatic carbocycles. The van der Waals surface area contributed by atoms with Gasteiger partial charge in [0.05, 0.1) is 5.69 Å². The summed E-state index contributed by atoms with van der Waals surface area (Å²) >= 11 is 0. The van der Waals surface area contributed by atoms with Crippen LogP contribution in [0.25, 0.3) is 49.5 Å². The summed E-state index contributed by atoms with van der Waals surface area (Å²) in [6.45, 7) is 0. The Labute approximate surface area is 229 Å². The average Bonchev–Trinajstić information content (AvgIpc) is 3.66. The van der Waals surface area contributed by atoms with Crippen LogP contribution in [-0.2, 0) is 0 Å². The predicted molar refractivity (Wildman–Crippen MR) is 163 cm³/mol. The molecule has 0 bridgehead atoms. The quantitative estimate of drug-likeness (QED) is 0.205. The molecule has 1 atom stereocenters. The number of allylic oxidation sites excluding steroid dienone is 2. The van der Waals surface area contributed by atoms with Crippen LogP contribution in [-0.4, -0.2) is 11.8 Å². The van der Waals surface area contributed by atoms with Gasteiger partial charge in [0.15, 0.2) is 0 Å². The van der Waals surface area contributed by atoms with Gasteiger partial charge in [-0.25, -0.2) is 0 Å². The highest BCUT2D eigenvalue weighted by Gasteiger charge is 2.48. The van der Waals surface area contributed by atoms with Crippen molar-refractivity contribution in [1.29, 1.82) is 0 Å². The SMILES string of the molecule is C1=CC2=[N+](c3ccc4oc5ccccc5c4c3)c3ccccc3N3c4cc5oc6ccccc6c5cc4C(=C1)C23. The van der Waals surface area contributed by atoms with Gasteiger partial charge in [-0.2, -0.15) is 4.58 Å². The minimum Gasteiger partial charge on any atom is -0.456 e. The fraction of sp³-hybridized carbons (Fsp3) is 0.0278. The molecule has 5 aromatic carbocycles. The maximum Gasteiger partial charge on any atom is 0.235 e. The lowest BCUT2D eigenvalue weighted by Crippen LogP contribution is -2.43. The molecule has 186 valence electrons. The Hall–Kier alpha value is -5.35. The minimum atomic E-state index is 0.0736. The van der Waals surface area contributed by atoms with Crippen molar-refractivity contribution in [3.05, 3.63) is 127 Å². The number of para-hydroxylation sites is 4. The molecule has 2 aliphatic heterocycles. The van der Waals surface area contributed by atoms with Crippen LogP contribution in [0, 0.1) is 0 Å². The van der Waals surface area contributed by atoms with E-state index in [1.807, 2.05) is 24.3 Å². The summed E-state index contributed by atoms with van der Waals surface area (Å²) in [5, 5.41) is 4.59. The summed E-state index contributed by atoms with van der Waals surface area (Å²) in [6.07, 6.45) is 6.74. The second-order valence-corrected chi connectivity index (χ2v) is 10.7. The third kappa shape index (κ3) is 2.49. The molecule has 1 unspecified atom stereocenters. The molecule has 3 aliphatic rings. The van der Waals surface area contributed by atoms with Gasteiger partial charge in [0, 0.05) is 57.4 Å². The highest BCUT2D eigenvalue weighted by molar-refractivity contribution is 6.22. The molecular weight excluding hydrogens is 492 g/mol. The first-order valence-corrected chi connectivity index (χ1v) is 13.6. The van der Waals surface area contributed by atoms with E-state index < -0.39 is 0 Å². The summed E-state index contributed by atoms with van der Waals surface area (Å²) in [4.78, 5) is 2.49. The lowest BCUT2D eigenvalue weighted by molar-refractivity contribution is 0.668. The smallest absolute Gasteiger partial charge is 0.235 e. The molecular formula is C36H21N2O2+. The van der Waals surface area contributed by atoms with Crippen LogP contribution in [0.1, 0.15) is 5.56 Å². The second kappa shape index (κ2) is 7.19. The van der Waals surface area contributed by atoms with Gasteiger partial charge in [0.1, 0.15) is 34.1 Å². The van der Waals surface area contributed by atoms with E-state index in [0.29, 0.717) is 0 Å². The Bertz CT molecular complexity index is 2350. The van der Waals surface area contributed by atoms with Crippen molar-refractivity contribution in [3.8, 4) is 0 Å². The monoisotopic (exact) mass is 513 g/mol. The topological polar surface area (TPSA) is 32.5 Å². The van der Waals surface area contributed by atoms with Crippen LogP contribution in [0.4, 0.5) is 22.7 Å². The van der Waals surface area contributed by atoms with Gasteiger partial charge in [-0.1, -0.05) is 60.7 Å². The van der Waals surface area contributed by atoms with Gasteiger partial charge in [-0.3, -0.25) is 0 Å². The molecule has 2 aromatic heterocycles. The molecule has 4 heterocycles. The molecule has 0 saturated carbocycles. The summed E-state index contributed by atoms with van der Waals surface area (Å²) in [5.41, 5.74) is 12.1. The predicted octanol–water partition coefficient (Wildman–Crippen LogP) is 9.25. The summed E-state index contributed by atoms with van der Waals surface area (Å²) < 4.78 is 14.9. The fourth-order valence-electron chi connectivity index (χ4n) is 7.03. The summed E-state index contributed by atoms with van der Waals surface area (Å²) in [7, 11) is 0. The molecule has 40 heavy (non-hydrogen) atoms. The highest BCUT2D eigenvalue weighted by atomic mass is 16.3. The third-order valence-electron chi connectivity index (χ3n) is 8.70. The molecule has 10 rings (SSSR count). The Kier molecular flexibility index (Phi) is 3.70. The van der Waals surface area contributed by atoms with E-state index in [1.54, 1.807) is 0 Å². The van der Waals surface area contributed by atoms with Crippen LogP contribution < -0.4 is 9.48 Å². The molecule has 0 spiro atoms. The van der Waals surface area contributed by atoms with Crippen LogP contribution in [0.5, 0.6) is 0 Å². The highest BCUT2D eigenvalue weighted by Crippen LogP contribution is 2.53. The van der Waals surface area contributed by atoms with Gasteiger partial charge < -0.3 is 13.7 Å². The molecule has 0 radical (unpaired) electrons. The zero-order valence-corrected chi connectivity index (χ0v) is 21.3. The van der Waals surface area contributed by atoms with Crippen molar-refractivity contribution < 1.29 is 8.83 Å². The van der Waals surface area contributed by atoms with Crippen LogP contribution in [0.15, 0.2) is 130 Å². The lowest BCUT2D eigenvalue weighted by atomic mass is 9.91. The lowest BCUT2D eigenvalue weighted by Gasteiger charge is -2.32. The average molecular weight is 514 g/mol. The first-order valence-electron chi connectivity index (χ1n) is 13.6. The molecule has 0 fully saturated rings. The number of hydrogen-bond donors (Lipinski definition) is 0. The van der Waals surface area contributed by atoms with E-state index in [-0.39, 0.29) is 6.04 Å². The van der Waals surface area contributed by atoms with Crippen LogP contribution in [0.2, 0.25) is 0 Å². The van der Waals surface area contributed by atoms with Crippen molar-refractivity contribution in [2.45, 2.75) is 6.04 Å². The van der Waals surface area contributed by atoms with Gasteiger partial charge in [0.2, 0.25) is 17.1 Å². The van der Waals surface area contributed by atoms with Crippen molar-refractivity contribution in [2.75, 3.05) is 4.90 Å². The summed E-state index contributed by atoms with van der Waals surface area (Å²) in [6, 6.07) is 36.5. The largest absolute Gasteiger partial charge is 0.456 e. The van der Waals surface area contributed by atoms with Gasteiger partial charge in [-0.05, 0) is 35.9 Å². The Balaban J connectivity index is 1.26. The maximum atomic E-state index is 6.33. The van der Waals surface area contributed by atoms with Crippen molar-refractivity contribution in [3.63, 3.8) is 0 Å². The van der Waals surface area contributed by atoms with Crippen molar-refractivity contribution in [1.82, 2.24) is 4.58 Å². The van der Waals surface area contributed by atoms with E-state index in [9.17, 15) is 0 Å². The van der Waals surface area contributed by atoms with E-state index in [1.165, 1.54) is 28.2 Å². The molecule has 4 heteroatoms. The maximum absolute atomic E-state index is 6.33. The van der Waals surface area contributed by atoms with Crippen LogP contribution in [0.3, 0.4) is 0 Å². The first kappa shape index (κ1) is 20.6. The molecule has 0 N–H and O–H groups in total. The normalized spacial score (nSPS) is 17.1. The first-order chi connectivity index (χ1) is 19.8. The molecule has 0 amide bonds. The molecule has 0 saturated heterocycles. The number of anilines is 2. The van der Waals surface area contributed by atoms with E-state index >= 15 is 0 Å². The standard InChI is InChI=1S/C36H21N2O2/c1-5-14-32-22(8-1)26-18-21(16-17-34(26)39-32)37-28-11-3-4-12-29(28)38-31-20-35-27(23-9-2-6-15-33(23)40-35)19-25(31)24-10-7-13-30(37)36(24)38/h1-20,36H/q+1. The number of nitrogens with zero attached hydrogens (tertiary/aromatic N) is 2. The van der Waals surface area contributed by atoms with Gasteiger partial charge >= 0.3 is 0 Å². The Morgan fingerprint density at radius 3 is 2.15 bits per heavy atom. The van der Waals surface area contributed by atoms with Crippen molar-refractivity contribution >= 4 is 77.9 Å². The number of hydrogen-bond acceptors (Lipinski definition) is 3. The van der Waals surface area contributed by atoms with E-state index in [0.717, 1.165) is 55.3 Å². The van der Waals surface area contributed by atoms with E-state index in [2.05, 4.69) is 107 Å². The second-order valence-electron chi connectivity index (χ2n) is 10.7. The molecule has 4 nitrogen and oxygen atoms in total. The fourth-order valence-corrected chi connectivity index (χ4v) is 7.03. The van der Waals surface area contributed by atoms with Crippen molar-refractivity contribution in [2.24, 2.45) is 0 Å². The number of benzene rings is 5. The number of furan rings is 2.